The molecule has 0 saturated carbocycles. The van der Waals surface area contributed by atoms with Gasteiger partial charge in [-0.1, -0.05) is 78.3 Å². The van der Waals surface area contributed by atoms with Crippen LogP contribution in [0.1, 0.15) is 0 Å². The molecule has 0 aromatic heterocycles. The second-order valence-corrected chi connectivity index (χ2v) is 5.34. The van der Waals surface area contributed by atoms with Crippen LogP contribution in [0.5, 0.6) is 0 Å². The molecule has 0 unspecified atom stereocenters. The number of rotatable bonds is 3. The van der Waals surface area contributed by atoms with E-state index in [-0.39, 0.29) is 0 Å². The summed E-state index contributed by atoms with van der Waals surface area (Å²) in [5, 5.41) is 0.616. The van der Waals surface area contributed by atoms with E-state index in [0.29, 0.717) is 15.9 Å². The molecule has 0 fully saturated rings. The van der Waals surface area contributed by atoms with Gasteiger partial charge in [-0.3, -0.25) is 0 Å². The molecule has 3 aromatic rings. The molecule has 0 N–H and O–H groups in total. The van der Waals surface area contributed by atoms with E-state index in [9.17, 15) is 4.32 Å². The Morgan fingerprint density at radius 1 is 0.619 bits per heavy atom. The van der Waals surface area contributed by atoms with Crippen LogP contribution in [-0.2, 0) is 0 Å². The van der Waals surface area contributed by atoms with Crippen molar-refractivity contribution in [3.8, 4) is 11.1 Å². The SMILES string of the molecule is FB(c1ccc(Cl)cc1)c1ccc(-c2ccccc2)cc1. The number of halogens is 2. The highest BCUT2D eigenvalue weighted by Crippen LogP contribution is 2.17. The maximum atomic E-state index is 14.5. The lowest BCUT2D eigenvalue weighted by Crippen LogP contribution is -2.37. The zero-order valence-electron chi connectivity index (χ0n) is 11.3. The molecule has 102 valence electrons. The minimum absolute atomic E-state index is 0.616. The van der Waals surface area contributed by atoms with Crippen molar-refractivity contribution in [2.24, 2.45) is 0 Å². The van der Waals surface area contributed by atoms with Crippen molar-refractivity contribution in [2.45, 2.75) is 0 Å². The molecule has 0 atom stereocenters. The molecule has 0 bridgehead atoms. The Bertz CT molecular complexity index is 708. The van der Waals surface area contributed by atoms with Crippen LogP contribution in [0, 0.1) is 0 Å². The van der Waals surface area contributed by atoms with Crippen LogP contribution in [0.2, 0.25) is 5.02 Å². The van der Waals surface area contributed by atoms with Gasteiger partial charge in [0.15, 0.2) is 0 Å². The Morgan fingerprint density at radius 3 is 1.67 bits per heavy atom. The fourth-order valence-corrected chi connectivity index (χ4v) is 2.43. The summed E-state index contributed by atoms with van der Waals surface area (Å²) in [6.45, 7) is -1.13. The standard InChI is InChI=1S/C18H13BClF/c20-18-12-10-17(11-13-18)19(21)16-8-6-15(7-9-16)14-4-2-1-3-5-14/h1-13H. The smallest absolute Gasteiger partial charge is 0.322 e. The topological polar surface area (TPSA) is 0 Å². The highest BCUT2D eigenvalue weighted by Gasteiger charge is 2.19. The van der Waals surface area contributed by atoms with Gasteiger partial charge in [-0.05, 0) is 34.2 Å². The molecule has 3 heteroatoms. The Labute approximate surface area is 129 Å². The van der Waals surface area contributed by atoms with Gasteiger partial charge in [0, 0.05) is 5.02 Å². The van der Waals surface area contributed by atoms with E-state index in [1.54, 1.807) is 24.3 Å². The molecule has 0 aliphatic heterocycles. The maximum Gasteiger partial charge on any atom is 0.413 e. The molecule has 0 saturated heterocycles. The van der Waals surface area contributed by atoms with Crippen molar-refractivity contribution in [2.75, 3.05) is 0 Å². The van der Waals surface area contributed by atoms with Gasteiger partial charge >= 0.3 is 6.99 Å². The maximum absolute atomic E-state index is 14.5. The quantitative estimate of drug-likeness (QED) is 0.639. The van der Waals surface area contributed by atoms with Gasteiger partial charge in [0.25, 0.3) is 0 Å². The van der Waals surface area contributed by atoms with Gasteiger partial charge in [0.2, 0.25) is 0 Å². The molecule has 0 aliphatic rings. The molecule has 0 spiro atoms. The summed E-state index contributed by atoms with van der Waals surface area (Å²) in [5.74, 6) is 0. The fraction of sp³-hybridized carbons (Fsp3) is 0. The highest BCUT2D eigenvalue weighted by atomic mass is 35.5. The lowest BCUT2D eigenvalue weighted by molar-refractivity contribution is 0.865. The summed E-state index contributed by atoms with van der Waals surface area (Å²) >= 11 is 5.83. The van der Waals surface area contributed by atoms with E-state index in [1.165, 1.54) is 0 Å². The van der Waals surface area contributed by atoms with Gasteiger partial charge in [-0.2, -0.15) is 0 Å². The lowest BCUT2D eigenvalue weighted by atomic mass is 9.58. The lowest BCUT2D eigenvalue weighted by Gasteiger charge is -2.07. The molecule has 0 radical (unpaired) electrons. The summed E-state index contributed by atoms with van der Waals surface area (Å²) < 4.78 is 14.5. The number of benzene rings is 3. The molecule has 21 heavy (non-hydrogen) atoms. The molecule has 0 heterocycles. The van der Waals surface area contributed by atoms with Gasteiger partial charge in [-0.25, -0.2) is 0 Å². The Hall–Kier alpha value is -2.06. The van der Waals surface area contributed by atoms with Crippen molar-refractivity contribution in [3.63, 3.8) is 0 Å². The van der Waals surface area contributed by atoms with Gasteiger partial charge < -0.3 is 4.32 Å². The minimum atomic E-state index is -1.13. The van der Waals surface area contributed by atoms with Crippen LogP contribution < -0.4 is 10.9 Å². The molecular formula is C18H13BClF. The molecule has 3 rings (SSSR count). The van der Waals surface area contributed by atoms with Crippen LogP contribution in [0.3, 0.4) is 0 Å². The third-order valence-electron chi connectivity index (χ3n) is 3.47. The van der Waals surface area contributed by atoms with Gasteiger partial charge in [0.1, 0.15) is 0 Å². The molecule has 3 aromatic carbocycles. The third kappa shape index (κ3) is 3.17. The van der Waals surface area contributed by atoms with E-state index < -0.39 is 6.99 Å². The number of hydrogen-bond acceptors (Lipinski definition) is 0. The zero-order chi connectivity index (χ0) is 14.7. The van der Waals surface area contributed by atoms with E-state index in [4.69, 9.17) is 11.6 Å². The Morgan fingerprint density at radius 2 is 1.10 bits per heavy atom. The van der Waals surface area contributed by atoms with Crippen LogP contribution in [-0.4, -0.2) is 6.99 Å². The Balaban J connectivity index is 1.85. The molecule has 0 aliphatic carbocycles. The monoisotopic (exact) mass is 294 g/mol. The summed E-state index contributed by atoms with van der Waals surface area (Å²) in [7, 11) is 0. The van der Waals surface area contributed by atoms with E-state index in [0.717, 1.165) is 11.1 Å². The van der Waals surface area contributed by atoms with Gasteiger partial charge in [0.05, 0.1) is 0 Å². The van der Waals surface area contributed by atoms with Crippen LogP contribution in [0.15, 0.2) is 78.9 Å². The Kier molecular flexibility index (Phi) is 4.07. The molecular weight excluding hydrogens is 281 g/mol. The first kappa shape index (κ1) is 13.9. The first-order chi connectivity index (χ1) is 10.2. The summed E-state index contributed by atoms with van der Waals surface area (Å²) in [4.78, 5) is 0. The predicted molar refractivity (Wildman–Crippen MR) is 89.5 cm³/mol. The predicted octanol–water partition coefficient (Wildman–Crippen LogP) is 4.08. The second kappa shape index (κ2) is 6.15. The van der Waals surface area contributed by atoms with Crippen molar-refractivity contribution < 1.29 is 4.32 Å². The third-order valence-corrected chi connectivity index (χ3v) is 3.73. The van der Waals surface area contributed by atoms with E-state index in [1.807, 2.05) is 54.6 Å². The van der Waals surface area contributed by atoms with E-state index in [2.05, 4.69) is 0 Å². The molecule has 0 nitrogen and oxygen atoms in total. The van der Waals surface area contributed by atoms with Crippen molar-refractivity contribution >= 4 is 29.5 Å². The van der Waals surface area contributed by atoms with Crippen LogP contribution >= 0.6 is 11.6 Å². The van der Waals surface area contributed by atoms with E-state index >= 15 is 0 Å². The fourth-order valence-electron chi connectivity index (χ4n) is 2.30. The minimum Gasteiger partial charge on any atom is -0.322 e. The van der Waals surface area contributed by atoms with Crippen molar-refractivity contribution in [1.29, 1.82) is 0 Å². The molecule has 0 amide bonds. The van der Waals surface area contributed by atoms with Crippen LogP contribution in [0.25, 0.3) is 11.1 Å². The first-order valence-electron chi connectivity index (χ1n) is 6.79. The summed E-state index contributed by atoms with van der Waals surface area (Å²) in [6, 6.07) is 24.5. The zero-order valence-corrected chi connectivity index (χ0v) is 12.1. The largest absolute Gasteiger partial charge is 0.413 e. The average Bonchev–Trinajstić information content (AvgIpc) is 2.56. The average molecular weight is 295 g/mol. The van der Waals surface area contributed by atoms with Crippen LogP contribution in [0.4, 0.5) is 4.32 Å². The number of hydrogen-bond donors (Lipinski definition) is 0. The van der Waals surface area contributed by atoms with Crippen molar-refractivity contribution in [1.82, 2.24) is 0 Å². The summed E-state index contributed by atoms with van der Waals surface area (Å²) in [6.07, 6.45) is 0. The van der Waals surface area contributed by atoms with Crippen molar-refractivity contribution in [3.05, 3.63) is 83.9 Å². The summed E-state index contributed by atoms with van der Waals surface area (Å²) in [5.41, 5.74) is 3.48. The first-order valence-corrected chi connectivity index (χ1v) is 7.17. The van der Waals surface area contributed by atoms with Gasteiger partial charge in [-0.15, -0.1) is 0 Å². The highest BCUT2D eigenvalue weighted by molar-refractivity contribution is 6.79. The second-order valence-electron chi connectivity index (χ2n) is 4.90. The normalized spacial score (nSPS) is 10.4.